The van der Waals surface area contributed by atoms with Crippen molar-refractivity contribution in [3.8, 4) is 33.4 Å². The summed E-state index contributed by atoms with van der Waals surface area (Å²) in [6.07, 6.45) is 0. The van der Waals surface area contributed by atoms with Crippen molar-refractivity contribution >= 4 is 38.6 Å². The summed E-state index contributed by atoms with van der Waals surface area (Å²) in [5, 5.41) is 0.583. The molecule has 0 N–H and O–H groups in total. The van der Waals surface area contributed by atoms with Crippen LogP contribution in [-0.2, 0) is 0 Å². The fourth-order valence-electron chi connectivity index (χ4n) is 5.42. The molecular weight excluding hydrogens is 542 g/mol. The number of nitrogens with zero attached hydrogens (tertiary/aromatic N) is 1. The van der Waals surface area contributed by atoms with Crippen LogP contribution >= 0.6 is 0 Å². The first-order valence-electron chi connectivity index (χ1n) is 21.7. The molecule has 212 valence electrons. The summed E-state index contributed by atoms with van der Waals surface area (Å²) in [7, 11) is 0. The van der Waals surface area contributed by atoms with Crippen LogP contribution in [-0.4, -0.2) is 0 Å². The van der Waals surface area contributed by atoms with Crippen LogP contribution in [0, 0.1) is 0 Å². The third kappa shape index (κ3) is 5.05. The van der Waals surface area contributed by atoms with Gasteiger partial charge in [-0.25, -0.2) is 0 Å². The van der Waals surface area contributed by atoms with Crippen molar-refractivity contribution in [3.05, 3.63) is 188 Å². The highest BCUT2D eigenvalue weighted by atomic mass is 15.1. The monoisotopic (exact) mass is 588 g/mol. The Hall–Kier alpha value is -5.92. The van der Waals surface area contributed by atoms with Gasteiger partial charge in [-0.15, -0.1) is 0 Å². The third-order valence-electron chi connectivity index (χ3n) is 7.51. The molecule has 1 heteroatoms. The smallest absolute Gasteiger partial charge is 0.0645 e. The van der Waals surface area contributed by atoms with Gasteiger partial charge >= 0.3 is 0 Å². The molecule has 0 aliphatic rings. The first-order valence-corrected chi connectivity index (χ1v) is 14.2. The first kappa shape index (κ1) is 15.2. The molecule has 1 nitrogen and oxygen atoms in total. The van der Waals surface area contributed by atoms with E-state index in [0.29, 0.717) is 16.7 Å². The predicted octanol–water partition coefficient (Wildman–Crippen LogP) is 12.5. The van der Waals surface area contributed by atoms with Gasteiger partial charge in [-0.2, -0.15) is 0 Å². The lowest BCUT2D eigenvalue weighted by molar-refractivity contribution is 1.30. The number of hydrogen-bond acceptors (Lipinski definition) is 1. The number of fused-ring (bicyclic) bond motifs is 2. The molecule has 0 radical (unpaired) electrons. The molecule has 8 aromatic carbocycles. The van der Waals surface area contributed by atoms with E-state index in [2.05, 4.69) is 0 Å². The summed E-state index contributed by atoms with van der Waals surface area (Å²) >= 11 is 0. The van der Waals surface area contributed by atoms with Gasteiger partial charge < -0.3 is 4.90 Å². The van der Waals surface area contributed by atoms with E-state index in [1.807, 2.05) is 54.6 Å². The van der Waals surface area contributed by atoms with E-state index in [4.69, 9.17) is 11.0 Å². The van der Waals surface area contributed by atoms with Crippen LogP contribution in [0.3, 0.4) is 0 Å². The second kappa shape index (κ2) is 11.6. The van der Waals surface area contributed by atoms with Crippen LogP contribution in [0.1, 0.15) is 20.6 Å². The molecule has 0 aliphatic heterocycles. The molecule has 0 atom stereocenters. The minimum Gasteiger partial charge on any atom is -0.310 e. The molecule has 8 rings (SSSR count). The summed E-state index contributed by atoms with van der Waals surface area (Å²) in [5.74, 6) is 0. The summed E-state index contributed by atoms with van der Waals surface area (Å²) in [4.78, 5) is 0.765. The Morgan fingerprint density at radius 2 is 0.978 bits per heavy atom. The maximum absolute atomic E-state index is 9.62. The van der Waals surface area contributed by atoms with Crippen LogP contribution in [0.15, 0.2) is 188 Å². The maximum Gasteiger partial charge on any atom is 0.0645 e. The van der Waals surface area contributed by atoms with Crippen molar-refractivity contribution in [1.29, 1.82) is 0 Å². The Labute approximate surface area is 285 Å². The van der Waals surface area contributed by atoms with Crippen molar-refractivity contribution in [3.63, 3.8) is 0 Å². The lowest BCUT2D eigenvalue weighted by Crippen LogP contribution is -2.10. The topological polar surface area (TPSA) is 3.24 Å². The Morgan fingerprint density at radius 1 is 0.378 bits per heavy atom. The van der Waals surface area contributed by atoms with E-state index in [1.165, 1.54) is 0 Å². The molecule has 0 saturated heterocycles. The molecule has 0 saturated carbocycles. The molecule has 0 heterocycles. The van der Waals surface area contributed by atoms with Gasteiger partial charge in [0, 0.05) is 16.8 Å². The van der Waals surface area contributed by atoms with Gasteiger partial charge in [0.2, 0.25) is 0 Å². The van der Waals surface area contributed by atoms with Crippen molar-refractivity contribution in [2.75, 3.05) is 4.90 Å². The Bertz CT molecular complexity index is 3030. The zero-order valence-electron chi connectivity index (χ0n) is 38.7. The van der Waals surface area contributed by atoms with Gasteiger partial charge in [-0.1, -0.05) is 157 Å². The van der Waals surface area contributed by atoms with Gasteiger partial charge in [-0.05, 0) is 79.8 Å². The average molecular weight is 589 g/mol. The summed E-state index contributed by atoms with van der Waals surface area (Å²) in [6, 6.07) is 17.6. The number of benzene rings is 8. The molecule has 0 aliphatic carbocycles. The SMILES string of the molecule is [2H]c1c([2H])c(N(c2c([2H])c([2H])c(-c3ccc4ccccc4c3-c3ccccc3)c([2H])c2[2H])c2c([2H])c([2H])c([2H])c3c([2H])c([2H])c([2H])c([2H])c23)c([2H])c([2H])c1-c1ccccc1. The fraction of sp³-hybridized carbons (Fsp3) is 0. The molecule has 45 heavy (non-hydrogen) atoms. The van der Waals surface area contributed by atoms with E-state index in [1.54, 1.807) is 42.5 Å². The lowest BCUT2D eigenvalue weighted by atomic mass is 9.90. The zero-order chi connectivity index (χ0) is 43.1. The van der Waals surface area contributed by atoms with E-state index < -0.39 is 118 Å². The van der Waals surface area contributed by atoms with Crippen LogP contribution < -0.4 is 4.90 Å². The third-order valence-corrected chi connectivity index (χ3v) is 7.51. The Morgan fingerprint density at radius 3 is 1.71 bits per heavy atom. The number of rotatable bonds is 6. The minimum atomic E-state index is -0.858. The number of hydrogen-bond donors (Lipinski definition) is 0. The minimum absolute atomic E-state index is 0.102. The molecule has 0 unspecified atom stereocenters. The Balaban J connectivity index is 1.55. The van der Waals surface area contributed by atoms with Crippen LogP contribution in [0.2, 0.25) is 0 Å². The van der Waals surface area contributed by atoms with E-state index in [9.17, 15) is 9.60 Å². The van der Waals surface area contributed by atoms with Crippen LogP contribution in [0.4, 0.5) is 17.1 Å². The maximum atomic E-state index is 9.62. The highest BCUT2D eigenvalue weighted by Crippen LogP contribution is 2.42. The molecule has 0 amide bonds. The summed E-state index contributed by atoms with van der Waals surface area (Å²) in [6.45, 7) is 0. The standard InChI is InChI=1S/C44H31N/c1-3-12-32(13-4-1)33-22-27-38(28-23-33)45(43-21-11-18-34-14-7-9-19-40(34)43)39-29-24-36(25-30-39)42-31-26-35-15-8-10-20-41(35)44(42)37-16-5-2-6-17-37/h1-31H/i7D,9D,11D,14D,18D,19D,21D,22D,23D,24D,25D,27D,28D,29D,30D. The van der Waals surface area contributed by atoms with Gasteiger partial charge in [0.05, 0.1) is 26.2 Å². The molecule has 8 aromatic rings. The lowest BCUT2D eigenvalue weighted by Gasteiger charge is -2.27. The van der Waals surface area contributed by atoms with Gasteiger partial charge in [-0.3, -0.25) is 0 Å². The largest absolute Gasteiger partial charge is 0.310 e. The van der Waals surface area contributed by atoms with Crippen molar-refractivity contribution < 1.29 is 20.6 Å². The fourth-order valence-corrected chi connectivity index (χ4v) is 5.42. The first-order chi connectivity index (χ1) is 28.6. The van der Waals surface area contributed by atoms with Crippen molar-refractivity contribution in [1.82, 2.24) is 0 Å². The van der Waals surface area contributed by atoms with E-state index in [0.717, 1.165) is 21.2 Å². The van der Waals surface area contributed by atoms with E-state index >= 15 is 0 Å². The van der Waals surface area contributed by atoms with Gasteiger partial charge in [0.25, 0.3) is 0 Å². The number of anilines is 3. The quantitative estimate of drug-likeness (QED) is 0.187. The van der Waals surface area contributed by atoms with Crippen molar-refractivity contribution in [2.45, 2.75) is 0 Å². The molecule has 0 spiro atoms. The second-order valence-electron chi connectivity index (χ2n) is 10.2. The summed E-state index contributed by atoms with van der Waals surface area (Å²) in [5.41, 5.74) is -0.195. The molecular formula is C44H31N. The van der Waals surface area contributed by atoms with Gasteiger partial charge in [0.15, 0.2) is 0 Å². The molecule has 0 bridgehead atoms. The normalized spacial score (nSPS) is 15.8. The second-order valence-corrected chi connectivity index (χ2v) is 10.2. The highest BCUT2D eigenvalue weighted by molar-refractivity contribution is 6.04. The zero-order valence-corrected chi connectivity index (χ0v) is 23.7. The van der Waals surface area contributed by atoms with Crippen LogP contribution in [0.25, 0.3) is 54.9 Å². The highest BCUT2D eigenvalue weighted by Gasteiger charge is 2.17. The van der Waals surface area contributed by atoms with E-state index in [-0.39, 0.29) is 11.1 Å². The Kier molecular flexibility index (Phi) is 3.93. The predicted molar refractivity (Wildman–Crippen MR) is 192 cm³/mol. The average Bonchev–Trinajstić information content (AvgIpc) is 3.25. The summed E-state index contributed by atoms with van der Waals surface area (Å²) < 4.78 is 137. The van der Waals surface area contributed by atoms with Crippen molar-refractivity contribution in [2.24, 2.45) is 0 Å². The molecule has 0 fully saturated rings. The molecule has 0 aromatic heterocycles. The van der Waals surface area contributed by atoms with Crippen LogP contribution in [0.5, 0.6) is 0 Å². The van der Waals surface area contributed by atoms with Gasteiger partial charge in [0.1, 0.15) is 0 Å².